The van der Waals surface area contributed by atoms with Crippen molar-refractivity contribution in [1.82, 2.24) is 15.1 Å². The molecule has 156 valence electrons. The maximum absolute atomic E-state index is 12.8. The van der Waals surface area contributed by atoms with E-state index in [1.807, 2.05) is 7.05 Å². The van der Waals surface area contributed by atoms with Crippen LogP contribution in [0.2, 0.25) is 0 Å². The number of carbonyl (C=O) groups excluding carboxylic acids is 2. The molecule has 1 unspecified atom stereocenters. The van der Waals surface area contributed by atoms with Crippen molar-refractivity contribution in [1.29, 1.82) is 0 Å². The Kier molecular flexibility index (Phi) is 10.5. The highest BCUT2D eigenvalue weighted by atomic mass is 32.2. The van der Waals surface area contributed by atoms with E-state index in [1.165, 1.54) is 32.1 Å². The van der Waals surface area contributed by atoms with Crippen LogP contribution in [-0.2, 0) is 14.3 Å². The predicted molar refractivity (Wildman–Crippen MR) is 111 cm³/mol. The lowest BCUT2D eigenvalue weighted by molar-refractivity contribution is -0.143. The number of nitrogens with zero attached hydrogens (tertiary/aromatic N) is 2. The van der Waals surface area contributed by atoms with Crippen LogP contribution in [-0.4, -0.2) is 79.7 Å². The first-order valence-electron chi connectivity index (χ1n) is 10.5. The van der Waals surface area contributed by atoms with Gasteiger partial charge in [-0.25, -0.2) is 0 Å². The lowest BCUT2D eigenvalue weighted by atomic mass is 9.86. The molecule has 2 aliphatic rings. The third kappa shape index (κ3) is 7.62. The van der Waals surface area contributed by atoms with Crippen LogP contribution in [0, 0.1) is 5.92 Å². The number of carbonyl (C=O) groups is 2. The van der Waals surface area contributed by atoms with Crippen molar-refractivity contribution in [2.45, 2.75) is 57.4 Å². The second-order valence-corrected chi connectivity index (χ2v) is 8.75. The first-order chi connectivity index (χ1) is 13.1. The Morgan fingerprint density at radius 3 is 2.74 bits per heavy atom. The molecule has 2 fully saturated rings. The number of amides is 2. The molecule has 1 atom stereocenters. The van der Waals surface area contributed by atoms with Crippen LogP contribution < -0.4 is 5.32 Å². The molecule has 2 amide bonds. The average Bonchev–Trinajstić information content (AvgIpc) is 3.17. The molecule has 1 aliphatic heterocycles. The van der Waals surface area contributed by atoms with E-state index in [0.717, 1.165) is 25.3 Å². The zero-order valence-corrected chi connectivity index (χ0v) is 17.9. The van der Waals surface area contributed by atoms with E-state index in [9.17, 15) is 9.59 Å². The summed E-state index contributed by atoms with van der Waals surface area (Å²) in [4.78, 5) is 28.9. The third-order valence-electron chi connectivity index (χ3n) is 5.66. The zero-order chi connectivity index (χ0) is 19.5. The lowest BCUT2D eigenvalue weighted by Gasteiger charge is -2.28. The second kappa shape index (κ2) is 12.6. The molecule has 1 saturated carbocycles. The molecule has 0 aromatic heterocycles. The topological polar surface area (TPSA) is 61.9 Å². The van der Waals surface area contributed by atoms with Gasteiger partial charge in [0.05, 0.1) is 19.1 Å². The molecule has 0 aromatic rings. The number of nitrogens with one attached hydrogen (secondary N) is 1. The Labute approximate surface area is 168 Å². The van der Waals surface area contributed by atoms with Crippen LogP contribution in [0.5, 0.6) is 0 Å². The van der Waals surface area contributed by atoms with E-state index in [2.05, 4.69) is 5.32 Å². The monoisotopic (exact) mass is 399 g/mol. The molecule has 6 nitrogen and oxygen atoms in total. The minimum atomic E-state index is -0.306. The molecule has 0 bridgehead atoms. The number of hydrogen-bond acceptors (Lipinski definition) is 5. The van der Waals surface area contributed by atoms with Gasteiger partial charge in [0.1, 0.15) is 6.04 Å². The van der Waals surface area contributed by atoms with Gasteiger partial charge in [-0.1, -0.05) is 32.1 Å². The number of thioether (sulfide) groups is 1. The van der Waals surface area contributed by atoms with Crippen molar-refractivity contribution in [3.05, 3.63) is 0 Å². The molecular formula is C20H37N3O3S. The lowest BCUT2D eigenvalue weighted by Crippen LogP contribution is -2.48. The number of rotatable bonds is 11. The van der Waals surface area contributed by atoms with Gasteiger partial charge in [-0.15, -0.1) is 11.8 Å². The van der Waals surface area contributed by atoms with Crippen molar-refractivity contribution in [2.75, 3.05) is 52.0 Å². The van der Waals surface area contributed by atoms with Crippen LogP contribution in [0.4, 0.5) is 0 Å². The van der Waals surface area contributed by atoms with Gasteiger partial charge in [0.15, 0.2) is 0 Å². The summed E-state index contributed by atoms with van der Waals surface area (Å²) in [6.07, 6.45) is 9.43. The van der Waals surface area contributed by atoms with Crippen molar-refractivity contribution < 1.29 is 14.3 Å². The van der Waals surface area contributed by atoms with Crippen LogP contribution in [0.1, 0.15) is 51.4 Å². The summed E-state index contributed by atoms with van der Waals surface area (Å²) in [5.74, 6) is 2.35. The molecule has 0 spiro atoms. The van der Waals surface area contributed by atoms with Gasteiger partial charge in [0.25, 0.3) is 0 Å². The smallest absolute Gasteiger partial charge is 0.246 e. The standard InChI is InChI=1S/C20H37N3O3S/c1-21-11-13-26-14-12-22(2)20(25)18-15-27-16-23(18)19(24)10-6-9-17-7-4-3-5-8-17/h17-18,21H,3-16H2,1-2H3. The van der Waals surface area contributed by atoms with E-state index in [-0.39, 0.29) is 17.9 Å². The van der Waals surface area contributed by atoms with Crippen LogP contribution in [0.25, 0.3) is 0 Å². The van der Waals surface area contributed by atoms with Gasteiger partial charge in [-0.3, -0.25) is 9.59 Å². The number of ether oxygens (including phenoxy) is 1. The Morgan fingerprint density at radius 1 is 1.22 bits per heavy atom. The quantitative estimate of drug-likeness (QED) is 0.540. The second-order valence-electron chi connectivity index (χ2n) is 7.75. The van der Waals surface area contributed by atoms with E-state index < -0.39 is 0 Å². The highest BCUT2D eigenvalue weighted by molar-refractivity contribution is 7.99. The summed E-state index contributed by atoms with van der Waals surface area (Å²) in [5, 5.41) is 3.03. The molecule has 27 heavy (non-hydrogen) atoms. The summed E-state index contributed by atoms with van der Waals surface area (Å²) in [7, 11) is 3.69. The fraction of sp³-hybridized carbons (Fsp3) is 0.900. The van der Waals surface area contributed by atoms with Crippen molar-refractivity contribution in [3.8, 4) is 0 Å². The van der Waals surface area contributed by atoms with Crippen molar-refractivity contribution in [3.63, 3.8) is 0 Å². The summed E-state index contributed by atoms with van der Waals surface area (Å²) >= 11 is 1.68. The fourth-order valence-electron chi connectivity index (χ4n) is 3.90. The van der Waals surface area contributed by atoms with Gasteiger partial charge in [0, 0.05) is 32.3 Å². The fourth-order valence-corrected chi connectivity index (χ4v) is 5.07. The van der Waals surface area contributed by atoms with Crippen molar-refractivity contribution >= 4 is 23.6 Å². The summed E-state index contributed by atoms with van der Waals surface area (Å²) in [6, 6.07) is -0.306. The Hall–Kier alpha value is -0.790. The molecule has 0 radical (unpaired) electrons. The van der Waals surface area contributed by atoms with Gasteiger partial charge in [0.2, 0.25) is 11.8 Å². The highest BCUT2D eigenvalue weighted by Gasteiger charge is 2.35. The van der Waals surface area contributed by atoms with E-state index in [0.29, 0.717) is 37.8 Å². The van der Waals surface area contributed by atoms with Crippen LogP contribution in [0.15, 0.2) is 0 Å². The van der Waals surface area contributed by atoms with Gasteiger partial charge < -0.3 is 19.9 Å². The van der Waals surface area contributed by atoms with Crippen LogP contribution >= 0.6 is 11.8 Å². The number of likely N-dealkylation sites (N-methyl/N-ethyl adjacent to an activating group) is 2. The van der Waals surface area contributed by atoms with E-state index in [4.69, 9.17) is 4.74 Å². The van der Waals surface area contributed by atoms with E-state index >= 15 is 0 Å². The molecule has 7 heteroatoms. The van der Waals surface area contributed by atoms with Crippen LogP contribution in [0.3, 0.4) is 0 Å². The molecule has 1 aliphatic carbocycles. The number of hydrogen-bond donors (Lipinski definition) is 1. The Balaban J connectivity index is 1.70. The maximum Gasteiger partial charge on any atom is 0.246 e. The molecule has 1 N–H and O–H groups in total. The molecule has 0 aromatic carbocycles. The molecular weight excluding hydrogens is 362 g/mol. The summed E-state index contributed by atoms with van der Waals surface area (Å²) < 4.78 is 5.50. The summed E-state index contributed by atoms with van der Waals surface area (Å²) in [5.41, 5.74) is 0. The molecule has 1 saturated heterocycles. The third-order valence-corrected chi connectivity index (χ3v) is 6.67. The predicted octanol–water partition coefficient (Wildman–Crippen LogP) is 2.33. The molecule has 2 rings (SSSR count). The SMILES string of the molecule is CNCCOCCN(C)C(=O)C1CSCN1C(=O)CCCC1CCCCC1. The minimum absolute atomic E-state index is 0.0397. The normalized spacial score (nSPS) is 20.8. The Bertz CT molecular complexity index is 458. The molecule has 1 heterocycles. The van der Waals surface area contributed by atoms with Crippen molar-refractivity contribution in [2.24, 2.45) is 5.92 Å². The highest BCUT2D eigenvalue weighted by Crippen LogP contribution is 2.28. The summed E-state index contributed by atoms with van der Waals surface area (Å²) in [6.45, 7) is 2.54. The van der Waals surface area contributed by atoms with Gasteiger partial charge in [-0.05, 0) is 25.8 Å². The van der Waals surface area contributed by atoms with E-state index in [1.54, 1.807) is 28.6 Å². The zero-order valence-electron chi connectivity index (χ0n) is 17.1. The average molecular weight is 400 g/mol. The first kappa shape index (κ1) is 22.5. The minimum Gasteiger partial charge on any atom is -0.378 e. The first-order valence-corrected chi connectivity index (χ1v) is 11.6. The Morgan fingerprint density at radius 2 is 2.00 bits per heavy atom. The van der Waals surface area contributed by atoms with Gasteiger partial charge in [-0.2, -0.15) is 0 Å². The maximum atomic E-state index is 12.8. The van der Waals surface area contributed by atoms with Gasteiger partial charge >= 0.3 is 0 Å². The largest absolute Gasteiger partial charge is 0.378 e.